The lowest BCUT2D eigenvalue weighted by atomic mass is 9.95. The van der Waals surface area contributed by atoms with E-state index in [1.54, 1.807) is 11.3 Å². The number of ether oxygens (including phenoxy) is 1. The van der Waals surface area contributed by atoms with Gasteiger partial charge in [-0.2, -0.15) is 11.3 Å². The van der Waals surface area contributed by atoms with E-state index in [1.165, 1.54) is 27.8 Å². The molecule has 2 nitrogen and oxygen atoms in total. The fourth-order valence-corrected chi connectivity index (χ4v) is 3.61. The van der Waals surface area contributed by atoms with Gasteiger partial charge in [-0.3, -0.25) is 0 Å². The largest absolute Gasteiger partial charge is 0.372 e. The first kappa shape index (κ1) is 13.8. The van der Waals surface area contributed by atoms with Crippen molar-refractivity contribution in [1.29, 1.82) is 0 Å². The third-order valence-corrected chi connectivity index (χ3v) is 4.76. The van der Waals surface area contributed by atoms with Crippen LogP contribution >= 0.6 is 11.3 Å². The van der Waals surface area contributed by atoms with Crippen LogP contribution in [0.25, 0.3) is 0 Å². The number of thiophene rings is 1. The molecule has 1 unspecified atom stereocenters. The molecule has 0 spiro atoms. The molecule has 0 radical (unpaired) electrons. The lowest BCUT2D eigenvalue weighted by Crippen LogP contribution is -2.23. The van der Waals surface area contributed by atoms with Crippen LogP contribution in [0.2, 0.25) is 0 Å². The molecule has 2 aromatic rings. The lowest BCUT2D eigenvalue weighted by molar-refractivity contribution is 0.134. The Morgan fingerprint density at radius 1 is 1.25 bits per heavy atom. The zero-order valence-electron chi connectivity index (χ0n) is 12.1. The van der Waals surface area contributed by atoms with E-state index < -0.39 is 0 Å². The summed E-state index contributed by atoms with van der Waals surface area (Å²) in [4.78, 5) is 0. The minimum Gasteiger partial charge on any atom is -0.372 e. The van der Waals surface area contributed by atoms with E-state index in [1.807, 2.05) is 0 Å². The molecule has 106 valence electrons. The van der Waals surface area contributed by atoms with E-state index in [2.05, 4.69) is 48.1 Å². The Morgan fingerprint density at radius 2 is 2.10 bits per heavy atom. The van der Waals surface area contributed by atoms with Gasteiger partial charge in [0, 0.05) is 0 Å². The average Bonchev–Trinajstić information content (AvgIpc) is 3.08. The molecule has 0 fully saturated rings. The monoisotopic (exact) mass is 287 g/mol. The minimum absolute atomic E-state index is 0.298. The lowest BCUT2D eigenvalue weighted by Gasteiger charge is -2.20. The molecular weight excluding hydrogens is 266 g/mol. The summed E-state index contributed by atoms with van der Waals surface area (Å²) in [5, 5.41) is 8.18. The number of hydrogen-bond acceptors (Lipinski definition) is 3. The fourth-order valence-electron chi connectivity index (χ4n) is 2.73. The zero-order valence-corrected chi connectivity index (χ0v) is 12.9. The van der Waals surface area contributed by atoms with E-state index in [0.29, 0.717) is 6.04 Å². The number of nitrogens with one attached hydrogen (secondary N) is 1. The Balaban J connectivity index is 1.94. The van der Waals surface area contributed by atoms with Gasteiger partial charge in [-0.15, -0.1) is 0 Å². The topological polar surface area (TPSA) is 21.3 Å². The van der Waals surface area contributed by atoms with Crippen molar-refractivity contribution in [3.63, 3.8) is 0 Å². The fraction of sp³-hybridized carbons (Fsp3) is 0.412. The molecule has 0 bridgehead atoms. The molecule has 0 saturated carbocycles. The van der Waals surface area contributed by atoms with Gasteiger partial charge in [-0.1, -0.05) is 25.1 Å². The predicted molar refractivity (Wildman–Crippen MR) is 84.1 cm³/mol. The highest BCUT2D eigenvalue weighted by atomic mass is 32.1. The van der Waals surface area contributed by atoms with Crippen LogP contribution in [0.4, 0.5) is 0 Å². The number of benzene rings is 1. The molecule has 20 heavy (non-hydrogen) atoms. The third-order valence-electron chi connectivity index (χ3n) is 3.88. The average molecular weight is 287 g/mol. The molecule has 1 N–H and O–H groups in total. The van der Waals surface area contributed by atoms with Crippen LogP contribution in [0.15, 0.2) is 29.0 Å². The molecule has 1 atom stereocenters. The smallest absolute Gasteiger partial charge is 0.0725 e. The van der Waals surface area contributed by atoms with Crippen LogP contribution in [-0.2, 0) is 18.0 Å². The first-order chi connectivity index (χ1) is 9.79. The summed E-state index contributed by atoms with van der Waals surface area (Å²) >= 11 is 1.78. The quantitative estimate of drug-likeness (QED) is 0.891. The van der Waals surface area contributed by atoms with Gasteiger partial charge in [0.2, 0.25) is 0 Å². The Hall–Kier alpha value is -1.16. The first-order valence-corrected chi connectivity index (χ1v) is 8.19. The molecular formula is C17H21NOS. The van der Waals surface area contributed by atoms with E-state index >= 15 is 0 Å². The summed E-state index contributed by atoms with van der Waals surface area (Å²) in [6, 6.07) is 7.08. The highest BCUT2D eigenvalue weighted by Gasteiger charge is 2.19. The van der Waals surface area contributed by atoms with Crippen molar-refractivity contribution in [1.82, 2.24) is 5.32 Å². The first-order valence-electron chi connectivity index (χ1n) is 7.25. The zero-order chi connectivity index (χ0) is 13.9. The second-order valence-electron chi connectivity index (χ2n) is 5.42. The van der Waals surface area contributed by atoms with Crippen molar-refractivity contribution >= 4 is 11.3 Å². The van der Waals surface area contributed by atoms with Gasteiger partial charge < -0.3 is 10.1 Å². The van der Waals surface area contributed by atoms with Crippen molar-refractivity contribution in [3.05, 3.63) is 56.8 Å². The third kappa shape index (κ3) is 2.66. The van der Waals surface area contributed by atoms with Crippen molar-refractivity contribution < 1.29 is 4.74 Å². The standard InChI is InChI=1S/C17H21NOS/c1-3-6-18-17(16-11-20-10-12(16)2)13-4-5-14-8-19-9-15(14)7-13/h4-5,7,10-11,17-18H,3,6,8-9H2,1-2H3. The summed E-state index contributed by atoms with van der Waals surface area (Å²) in [5.41, 5.74) is 6.82. The normalized spacial score (nSPS) is 15.3. The van der Waals surface area contributed by atoms with Gasteiger partial charge in [-0.25, -0.2) is 0 Å². The molecule has 1 aromatic heterocycles. The van der Waals surface area contributed by atoms with Gasteiger partial charge in [-0.05, 0) is 58.5 Å². The second-order valence-corrected chi connectivity index (χ2v) is 6.16. The van der Waals surface area contributed by atoms with Crippen LogP contribution in [0.1, 0.15) is 47.2 Å². The molecule has 1 aliphatic rings. The van der Waals surface area contributed by atoms with Crippen LogP contribution in [0.5, 0.6) is 0 Å². The summed E-state index contributed by atoms with van der Waals surface area (Å²) in [7, 11) is 0. The maximum absolute atomic E-state index is 5.53. The molecule has 0 aliphatic carbocycles. The van der Waals surface area contributed by atoms with E-state index in [9.17, 15) is 0 Å². The predicted octanol–water partition coefficient (Wildman–Crippen LogP) is 4.18. The van der Waals surface area contributed by atoms with Gasteiger partial charge in [0.15, 0.2) is 0 Å². The van der Waals surface area contributed by atoms with E-state index in [-0.39, 0.29) is 0 Å². The summed E-state index contributed by atoms with van der Waals surface area (Å²) < 4.78 is 5.53. The SMILES string of the molecule is CCCNC(c1ccc2c(c1)COC2)c1cscc1C. The Labute approximate surface area is 124 Å². The number of rotatable bonds is 5. The van der Waals surface area contributed by atoms with E-state index in [0.717, 1.165) is 26.2 Å². The van der Waals surface area contributed by atoms with Gasteiger partial charge in [0.1, 0.15) is 0 Å². The number of aryl methyl sites for hydroxylation is 1. The van der Waals surface area contributed by atoms with Gasteiger partial charge in [0.05, 0.1) is 19.3 Å². The number of hydrogen-bond donors (Lipinski definition) is 1. The van der Waals surface area contributed by atoms with Crippen LogP contribution in [0, 0.1) is 6.92 Å². The molecule has 0 saturated heterocycles. The molecule has 0 amide bonds. The van der Waals surface area contributed by atoms with Gasteiger partial charge >= 0.3 is 0 Å². The van der Waals surface area contributed by atoms with Crippen molar-refractivity contribution in [2.75, 3.05) is 6.54 Å². The summed E-state index contributed by atoms with van der Waals surface area (Å²) in [6.45, 7) is 6.96. The Bertz CT molecular complexity index is 590. The molecule has 3 rings (SSSR count). The second kappa shape index (κ2) is 6.08. The summed E-state index contributed by atoms with van der Waals surface area (Å²) in [5.74, 6) is 0. The Kier molecular flexibility index (Phi) is 4.20. The van der Waals surface area contributed by atoms with Gasteiger partial charge in [0.25, 0.3) is 0 Å². The highest BCUT2D eigenvalue weighted by Crippen LogP contribution is 2.30. The maximum atomic E-state index is 5.53. The van der Waals surface area contributed by atoms with E-state index in [4.69, 9.17) is 4.74 Å². The van der Waals surface area contributed by atoms with Crippen molar-refractivity contribution in [2.24, 2.45) is 0 Å². The van der Waals surface area contributed by atoms with Crippen LogP contribution < -0.4 is 5.32 Å². The van der Waals surface area contributed by atoms with Crippen molar-refractivity contribution in [2.45, 2.75) is 39.5 Å². The van der Waals surface area contributed by atoms with Crippen LogP contribution in [-0.4, -0.2) is 6.54 Å². The number of fused-ring (bicyclic) bond motifs is 1. The maximum Gasteiger partial charge on any atom is 0.0725 e. The molecule has 1 aliphatic heterocycles. The Morgan fingerprint density at radius 3 is 2.85 bits per heavy atom. The van der Waals surface area contributed by atoms with Crippen molar-refractivity contribution in [3.8, 4) is 0 Å². The molecule has 2 heterocycles. The highest BCUT2D eigenvalue weighted by molar-refractivity contribution is 7.08. The molecule has 1 aromatic carbocycles. The minimum atomic E-state index is 0.298. The summed E-state index contributed by atoms with van der Waals surface area (Å²) in [6.07, 6.45) is 1.15. The van der Waals surface area contributed by atoms with Crippen LogP contribution in [0.3, 0.4) is 0 Å². The molecule has 3 heteroatoms.